The molecule has 0 saturated carbocycles. The lowest BCUT2D eigenvalue weighted by Crippen LogP contribution is -2.54. The monoisotopic (exact) mass is 776 g/mol. The molecule has 6 atom stereocenters. The Labute approximate surface area is 334 Å². The highest BCUT2D eigenvalue weighted by Gasteiger charge is 2.35. The number of hydrogen-bond acceptors (Lipinski definition) is 9. The van der Waals surface area contributed by atoms with Gasteiger partial charge in [0.05, 0.1) is 24.4 Å². The second kappa shape index (κ2) is 25.0. The molecule has 1 aliphatic rings. The van der Waals surface area contributed by atoms with Gasteiger partial charge in [0, 0.05) is 49.6 Å². The van der Waals surface area contributed by atoms with Crippen molar-refractivity contribution >= 4 is 5.97 Å². The fourth-order valence-corrected chi connectivity index (χ4v) is 7.68. The van der Waals surface area contributed by atoms with Crippen LogP contribution in [0, 0.1) is 11.8 Å². The topological polar surface area (TPSA) is 183 Å². The van der Waals surface area contributed by atoms with Crippen LogP contribution in [0.5, 0.6) is 5.75 Å². The number of aliphatic carboxylic acids is 1. The maximum atomic E-state index is 12.5. The van der Waals surface area contributed by atoms with Crippen molar-refractivity contribution in [2.75, 3.05) is 19.8 Å². The number of carboxylic acid groups (broad SMARTS) is 1. The first-order chi connectivity index (χ1) is 26.9. The summed E-state index contributed by atoms with van der Waals surface area (Å²) >= 11 is 0. The summed E-state index contributed by atoms with van der Waals surface area (Å²) < 4.78 is 0. The number of phenolic OH excluding ortho intramolecular Hbond substituents is 1. The number of aliphatic hydroxyl groups is 5. The number of aliphatic hydroxyl groups excluding tert-OH is 4. The Morgan fingerprint density at radius 1 is 1.04 bits per heavy atom. The number of hydrogen-bond donors (Lipinski definition) is 9. The van der Waals surface area contributed by atoms with Crippen LogP contribution in [0.3, 0.4) is 0 Å². The minimum atomic E-state index is -1.38. The number of allylic oxidation sites excluding steroid dienone is 2. The van der Waals surface area contributed by atoms with E-state index in [1.54, 1.807) is 25.1 Å². The molecule has 6 unspecified atom stereocenters. The molecular weight excluding hydrogens is 709 g/mol. The maximum Gasteiger partial charge on any atom is 0.303 e. The molecule has 2 aromatic rings. The highest BCUT2D eigenvalue weighted by molar-refractivity contribution is 5.66. The zero-order valence-corrected chi connectivity index (χ0v) is 33.8. The smallest absolute Gasteiger partial charge is 0.303 e. The van der Waals surface area contributed by atoms with Crippen molar-refractivity contribution in [3.05, 3.63) is 88.0 Å². The van der Waals surface area contributed by atoms with Crippen LogP contribution >= 0.6 is 0 Å². The van der Waals surface area contributed by atoms with Gasteiger partial charge in [0.15, 0.2) is 0 Å². The summed E-state index contributed by atoms with van der Waals surface area (Å²) in [5, 5.41) is 81.4. The van der Waals surface area contributed by atoms with Gasteiger partial charge < -0.3 is 46.4 Å². The van der Waals surface area contributed by atoms with Crippen molar-refractivity contribution in [3.8, 4) is 17.6 Å². The van der Waals surface area contributed by atoms with E-state index in [-0.39, 0.29) is 50.1 Å². The maximum absolute atomic E-state index is 12.5. The van der Waals surface area contributed by atoms with Gasteiger partial charge in [-0.2, -0.15) is 0 Å². The van der Waals surface area contributed by atoms with Gasteiger partial charge in [0.1, 0.15) is 5.75 Å². The molecule has 9 N–H and O–H groups in total. The van der Waals surface area contributed by atoms with E-state index in [2.05, 4.69) is 35.5 Å². The molecule has 10 heteroatoms. The van der Waals surface area contributed by atoms with Gasteiger partial charge in [0.2, 0.25) is 0 Å². The second-order valence-corrected chi connectivity index (χ2v) is 15.5. The number of rotatable bonds is 23. The molecule has 0 amide bonds. The van der Waals surface area contributed by atoms with Gasteiger partial charge >= 0.3 is 5.97 Å². The summed E-state index contributed by atoms with van der Waals surface area (Å²) in [6.07, 6.45) is 10.5. The number of unbranched alkanes of at least 4 members (excludes halogenated alkanes) is 2. The highest BCUT2D eigenvalue weighted by atomic mass is 16.4. The first-order valence-electron chi connectivity index (χ1n) is 20.7. The third kappa shape index (κ3) is 16.1. The first-order valence-corrected chi connectivity index (χ1v) is 20.7. The highest BCUT2D eigenvalue weighted by Crippen LogP contribution is 2.31. The zero-order valence-electron chi connectivity index (χ0n) is 33.8. The molecule has 0 radical (unpaired) electrons. The minimum absolute atomic E-state index is 0.00356. The van der Waals surface area contributed by atoms with E-state index >= 15 is 0 Å². The average molecular weight is 777 g/mol. The van der Waals surface area contributed by atoms with Gasteiger partial charge in [-0.1, -0.05) is 87.8 Å². The zero-order chi connectivity index (χ0) is 40.9. The predicted octanol–water partition coefficient (Wildman–Crippen LogP) is 5.49. The molecule has 0 aliphatic carbocycles. The van der Waals surface area contributed by atoms with Gasteiger partial charge in [-0.3, -0.25) is 4.79 Å². The fraction of sp³-hybridized carbons (Fsp3) is 0.587. The third-order valence-corrected chi connectivity index (χ3v) is 10.8. The van der Waals surface area contributed by atoms with Gasteiger partial charge in [-0.05, 0) is 111 Å². The Morgan fingerprint density at radius 2 is 1.82 bits per heavy atom. The van der Waals surface area contributed by atoms with E-state index in [1.165, 1.54) is 0 Å². The molecule has 10 nitrogen and oxygen atoms in total. The molecule has 56 heavy (non-hydrogen) atoms. The first kappa shape index (κ1) is 46.8. The Bertz CT molecular complexity index is 1610. The number of aryl methyl sites for hydroxylation is 1. The van der Waals surface area contributed by atoms with Crippen LogP contribution in [-0.4, -0.2) is 97.4 Å². The van der Waals surface area contributed by atoms with E-state index in [0.29, 0.717) is 57.9 Å². The van der Waals surface area contributed by atoms with Crippen LogP contribution in [0.15, 0.2) is 65.8 Å². The summed E-state index contributed by atoms with van der Waals surface area (Å²) in [6, 6.07) is 12.0. The van der Waals surface area contributed by atoms with E-state index in [9.17, 15) is 40.5 Å². The van der Waals surface area contributed by atoms with Crippen molar-refractivity contribution in [2.45, 2.75) is 153 Å². The number of phenols is 1. The normalized spacial score (nSPS) is 19.2. The van der Waals surface area contributed by atoms with E-state index < -0.39 is 36.4 Å². The SMILES string of the molecule is CCCCCC(O)C=CC1=C(CC(O)CO)C(CCCC(CCC(=O)O)NCC)NC(C(C)(O)Cc2ccc(O)cc2CCO)CC#Cc2ccccc2CC1. The van der Waals surface area contributed by atoms with Crippen LogP contribution < -0.4 is 10.6 Å². The summed E-state index contributed by atoms with van der Waals surface area (Å²) in [4.78, 5) is 11.4. The summed E-state index contributed by atoms with van der Waals surface area (Å²) in [6.45, 7) is 6.05. The average Bonchev–Trinajstić information content (AvgIpc) is 3.16. The quantitative estimate of drug-likeness (QED) is 0.0518. The van der Waals surface area contributed by atoms with Crippen molar-refractivity contribution in [2.24, 2.45) is 0 Å². The minimum Gasteiger partial charge on any atom is -0.508 e. The second-order valence-electron chi connectivity index (χ2n) is 15.5. The van der Waals surface area contributed by atoms with Crippen LogP contribution in [0.1, 0.15) is 120 Å². The number of aromatic hydroxyl groups is 1. The lowest BCUT2D eigenvalue weighted by Gasteiger charge is -2.38. The van der Waals surface area contributed by atoms with E-state index in [1.807, 2.05) is 37.3 Å². The molecule has 3 rings (SSSR count). The fourth-order valence-electron chi connectivity index (χ4n) is 7.68. The van der Waals surface area contributed by atoms with Crippen molar-refractivity contribution in [1.29, 1.82) is 0 Å². The van der Waals surface area contributed by atoms with Gasteiger partial charge in [-0.15, -0.1) is 0 Å². The molecular formula is C46H68N2O8. The Morgan fingerprint density at radius 3 is 2.54 bits per heavy atom. The molecule has 0 spiro atoms. The summed E-state index contributed by atoms with van der Waals surface area (Å²) in [5.74, 6) is 5.98. The number of benzene rings is 2. The molecule has 1 aliphatic heterocycles. The van der Waals surface area contributed by atoms with Crippen LogP contribution in [-0.2, 0) is 24.1 Å². The molecule has 0 bridgehead atoms. The van der Waals surface area contributed by atoms with Crippen LogP contribution in [0.2, 0.25) is 0 Å². The van der Waals surface area contributed by atoms with E-state index in [0.717, 1.165) is 52.7 Å². The number of fused-ring (bicyclic) bond motifs is 1. The lowest BCUT2D eigenvalue weighted by atomic mass is 9.82. The number of carboxylic acids is 1. The van der Waals surface area contributed by atoms with Crippen molar-refractivity contribution < 1.29 is 40.5 Å². The van der Waals surface area contributed by atoms with E-state index in [4.69, 9.17) is 0 Å². The number of carbonyl (C=O) groups is 1. The Hall–Kier alpha value is -3.53. The van der Waals surface area contributed by atoms with Crippen LogP contribution in [0.25, 0.3) is 0 Å². The largest absolute Gasteiger partial charge is 0.508 e. The standard InChI is InChI=1S/C46H68N2O8/c1-4-6-7-16-39(51)24-21-35-20-19-34-13-9-8-12-33(34)14-10-18-44(46(3,56)31-37-22-25-40(52)29-36(37)27-28-49)48-43(42(35)30-41(53)32-50)17-11-15-38(47-5-2)23-26-45(54)55/h8-9,12-13,21-22,24-25,29,38-39,41,43-44,47-53,56H,4-7,11,15-20,23,26-28,30-32H2,1-3H3,(H,54,55). The lowest BCUT2D eigenvalue weighted by molar-refractivity contribution is -0.137. The molecule has 1 heterocycles. The van der Waals surface area contributed by atoms with Gasteiger partial charge in [-0.25, -0.2) is 0 Å². The molecule has 0 fully saturated rings. The van der Waals surface area contributed by atoms with Crippen molar-refractivity contribution in [3.63, 3.8) is 0 Å². The molecule has 0 aromatic heterocycles. The Balaban J connectivity index is 2.20. The molecule has 0 saturated heterocycles. The number of nitrogens with one attached hydrogen (secondary N) is 2. The van der Waals surface area contributed by atoms with Crippen molar-refractivity contribution in [1.82, 2.24) is 10.6 Å². The predicted molar refractivity (Wildman–Crippen MR) is 222 cm³/mol. The Kier molecular flexibility index (Phi) is 20.9. The molecule has 310 valence electrons. The third-order valence-electron chi connectivity index (χ3n) is 10.8. The summed E-state index contributed by atoms with van der Waals surface area (Å²) in [5.41, 5.74) is 3.93. The van der Waals surface area contributed by atoms with Gasteiger partial charge in [0.25, 0.3) is 0 Å². The van der Waals surface area contributed by atoms with Crippen LogP contribution in [0.4, 0.5) is 0 Å². The molecule has 2 aromatic carbocycles. The summed E-state index contributed by atoms with van der Waals surface area (Å²) in [7, 11) is 0.